The minimum absolute atomic E-state index is 0.325. The molecule has 0 radical (unpaired) electrons. The number of ether oxygens (including phenoxy) is 1. The first kappa shape index (κ1) is 10.5. The van der Waals surface area contributed by atoms with Crippen molar-refractivity contribution in [1.29, 1.82) is 0 Å². The Bertz CT molecular complexity index is 316. The number of aromatic nitrogens is 1. The largest absolute Gasteiger partial charge is 0.381 e. The second-order valence-electron chi connectivity index (χ2n) is 4.60. The van der Waals surface area contributed by atoms with E-state index in [9.17, 15) is 0 Å². The van der Waals surface area contributed by atoms with Crippen molar-refractivity contribution in [2.24, 2.45) is 5.41 Å². The fourth-order valence-corrected chi connectivity index (χ4v) is 1.79. The van der Waals surface area contributed by atoms with E-state index in [-0.39, 0.29) is 0 Å². The first-order chi connectivity index (χ1) is 7.18. The summed E-state index contributed by atoms with van der Waals surface area (Å²) in [7, 11) is 0. The lowest BCUT2D eigenvalue weighted by Crippen LogP contribution is -2.33. The second-order valence-corrected chi connectivity index (χ2v) is 4.60. The molecule has 1 aliphatic heterocycles. The molecule has 2 rings (SSSR count). The molecule has 0 bridgehead atoms. The van der Waals surface area contributed by atoms with Crippen molar-refractivity contribution >= 4 is 5.82 Å². The molecule has 1 aromatic rings. The fourth-order valence-electron chi connectivity index (χ4n) is 1.79. The summed E-state index contributed by atoms with van der Waals surface area (Å²) in [4.78, 5) is 0. The Kier molecular flexibility index (Phi) is 2.95. The van der Waals surface area contributed by atoms with Crippen LogP contribution in [0.4, 0.5) is 5.82 Å². The molecule has 1 N–H and O–H groups in total. The molecule has 4 heteroatoms. The number of aryl methyl sites for hydroxylation is 1. The third-order valence-electron chi connectivity index (χ3n) is 3.02. The standard InChI is InChI=1S/C11H18N2O2/c1-9-7-10(13-15-9)12-8-11(2)3-5-14-6-4-11/h7H,3-6,8H2,1-2H3,(H,12,13). The minimum Gasteiger partial charge on any atom is -0.381 e. The summed E-state index contributed by atoms with van der Waals surface area (Å²) in [6.07, 6.45) is 2.22. The molecule has 1 fully saturated rings. The van der Waals surface area contributed by atoms with Crippen molar-refractivity contribution in [2.75, 3.05) is 25.1 Å². The monoisotopic (exact) mass is 210 g/mol. The first-order valence-corrected chi connectivity index (χ1v) is 5.43. The highest BCUT2D eigenvalue weighted by Crippen LogP contribution is 2.29. The normalized spacial score (nSPS) is 20.1. The van der Waals surface area contributed by atoms with E-state index in [1.165, 1.54) is 0 Å². The van der Waals surface area contributed by atoms with Crippen LogP contribution in [-0.2, 0) is 4.74 Å². The lowest BCUT2D eigenvalue weighted by atomic mass is 9.82. The van der Waals surface area contributed by atoms with E-state index < -0.39 is 0 Å². The van der Waals surface area contributed by atoms with Crippen molar-refractivity contribution in [2.45, 2.75) is 26.7 Å². The van der Waals surface area contributed by atoms with Gasteiger partial charge in [0.15, 0.2) is 5.82 Å². The molecule has 15 heavy (non-hydrogen) atoms. The average molecular weight is 210 g/mol. The van der Waals surface area contributed by atoms with Crippen molar-refractivity contribution in [3.8, 4) is 0 Å². The lowest BCUT2D eigenvalue weighted by Gasteiger charge is -2.33. The van der Waals surface area contributed by atoms with Gasteiger partial charge in [-0.1, -0.05) is 12.1 Å². The van der Waals surface area contributed by atoms with Crippen molar-refractivity contribution in [1.82, 2.24) is 5.16 Å². The SMILES string of the molecule is Cc1cc(NCC2(C)CCOCC2)no1. The molecule has 1 aromatic heterocycles. The Balaban J connectivity index is 1.86. The van der Waals surface area contributed by atoms with Crippen LogP contribution in [0.1, 0.15) is 25.5 Å². The number of nitrogens with one attached hydrogen (secondary N) is 1. The summed E-state index contributed by atoms with van der Waals surface area (Å²) in [5.74, 6) is 1.68. The predicted octanol–water partition coefficient (Wildman–Crippen LogP) is 2.21. The predicted molar refractivity (Wildman–Crippen MR) is 57.9 cm³/mol. The lowest BCUT2D eigenvalue weighted by molar-refractivity contribution is 0.0299. The molecular weight excluding hydrogens is 192 g/mol. The van der Waals surface area contributed by atoms with Crippen molar-refractivity contribution in [3.63, 3.8) is 0 Å². The van der Waals surface area contributed by atoms with Gasteiger partial charge in [0.25, 0.3) is 0 Å². The van der Waals surface area contributed by atoms with E-state index in [2.05, 4.69) is 17.4 Å². The van der Waals surface area contributed by atoms with Gasteiger partial charge in [0.2, 0.25) is 0 Å². The Labute approximate surface area is 90.0 Å². The summed E-state index contributed by atoms with van der Waals surface area (Å²) in [5.41, 5.74) is 0.325. The number of hydrogen-bond acceptors (Lipinski definition) is 4. The Morgan fingerprint density at radius 3 is 2.80 bits per heavy atom. The van der Waals surface area contributed by atoms with Crippen LogP contribution in [0.25, 0.3) is 0 Å². The maximum Gasteiger partial charge on any atom is 0.169 e. The highest BCUT2D eigenvalue weighted by atomic mass is 16.5. The maximum atomic E-state index is 5.36. The van der Waals surface area contributed by atoms with Gasteiger partial charge in [0.1, 0.15) is 5.76 Å². The summed E-state index contributed by atoms with van der Waals surface area (Å²) in [5, 5.41) is 7.23. The van der Waals surface area contributed by atoms with Crippen molar-refractivity contribution in [3.05, 3.63) is 11.8 Å². The maximum absolute atomic E-state index is 5.36. The van der Waals surface area contributed by atoms with E-state index in [1.807, 2.05) is 13.0 Å². The van der Waals surface area contributed by atoms with E-state index in [0.717, 1.165) is 44.2 Å². The fraction of sp³-hybridized carbons (Fsp3) is 0.727. The van der Waals surface area contributed by atoms with E-state index in [1.54, 1.807) is 0 Å². The van der Waals surface area contributed by atoms with Gasteiger partial charge in [0, 0.05) is 25.8 Å². The minimum atomic E-state index is 0.325. The van der Waals surface area contributed by atoms with E-state index in [4.69, 9.17) is 9.26 Å². The smallest absolute Gasteiger partial charge is 0.169 e. The number of hydrogen-bond donors (Lipinski definition) is 1. The molecule has 0 atom stereocenters. The molecule has 84 valence electrons. The van der Waals surface area contributed by atoms with Crippen LogP contribution >= 0.6 is 0 Å². The Morgan fingerprint density at radius 2 is 2.20 bits per heavy atom. The van der Waals surface area contributed by atoms with Gasteiger partial charge in [-0.2, -0.15) is 0 Å². The zero-order valence-electron chi connectivity index (χ0n) is 9.38. The van der Waals surface area contributed by atoms with Crippen molar-refractivity contribution < 1.29 is 9.26 Å². The summed E-state index contributed by atoms with van der Waals surface area (Å²) < 4.78 is 10.4. The van der Waals surface area contributed by atoms with Crippen LogP contribution in [0.2, 0.25) is 0 Å². The van der Waals surface area contributed by atoms with Crippen LogP contribution in [0.3, 0.4) is 0 Å². The summed E-state index contributed by atoms with van der Waals surface area (Å²) in [6.45, 7) is 6.86. The third-order valence-corrected chi connectivity index (χ3v) is 3.02. The topological polar surface area (TPSA) is 47.3 Å². The molecule has 0 saturated carbocycles. The summed E-state index contributed by atoms with van der Waals surface area (Å²) >= 11 is 0. The van der Waals surface area contributed by atoms with E-state index in [0.29, 0.717) is 5.41 Å². The van der Waals surface area contributed by atoms with Crippen LogP contribution in [0.15, 0.2) is 10.6 Å². The molecule has 0 amide bonds. The average Bonchev–Trinajstić information content (AvgIpc) is 2.63. The van der Waals surface area contributed by atoms with Crippen LogP contribution < -0.4 is 5.32 Å². The quantitative estimate of drug-likeness (QED) is 0.831. The van der Waals surface area contributed by atoms with Gasteiger partial charge in [0.05, 0.1) is 0 Å². The van der Waals surface area contributed by atoms with Gasteiger partial charge in [-0.25, -0.2) is 0 Å². The molecule has 1 saturated heterocycles. The molecule has 0 aromatic carbocycles. The number of nitrogens with zero attached hydrogens (tertiary/aromatic N) is 1. The van der Waals surface area contributed by atoms with Gasteiger partial charge < -0.3 is 14.6 Å². The Hall–Kier alpha value is -1.03. The molecule has 2 heterocycles. The zero-order valence-corrected chi connectivity index (χ0v) is 9.38. The van der Waals surface area contributed by atoms with Gasteiger partial charge >= 0.3 is 0 Å². The van der Waals surface area contributed by atoms with Gasteiger partial charge in [-0.05, 0) is 25.2 Å². The van der Waals surface area contributed by atoms with Crippen LogP contribution in [0.5, 0.6) is 0 Å². The van der Waals surface area contributed by atoms with Crippen LogP contribution in [0, 0.1) is 12.3 Å². The van der Waals surface area contributed by atoms with Crippen LogP contribution in [-0.4, -0.2) is 24.9 Å². The molecule has 0 spiro atoms. The first-order valence-electron chi connectivity index (χ1n) is 5.43. The highest BCUT2D eigenvalue weighted by molar-refractivity contribution is 5.33. The summed E-state index contributed by atoms with van der Waals surface area (Å²) in [6, 6.07) is 1.92. The molecule has 4 nitrogen and oxygen atoms in total. The number of anilines is 1. The van der Waals surface area contributed by atoms with E-state index >= 15 is 0 Å². The molecule has 0 aliphatic carbocycles. The highest BCUT2D eigenvalue weighted by Gasteiger charge is 2.27. The number of rotatable bonds is 3. The zero-order chi connectivity index (χ0) is 10.7. The molecule has 0 unspecified atom stereocenters. The Morgan fingerprint density at radius 1 is 1.47 bits per heavy atom. The van der Waals surface area contributed by atoms with Gasteiger partial charge in [-0.15, -0.1) is 0 Å². The molecule has 1 aliphatic rings. The molecular formula is C11H18N2O2. The third kappa shape index (κ3) is 2.72. The van der Waals surface area contributed by atoms with Gasteiger partial charge in [-0.3, -0.25) is 0 Å². The second kappa shape index (κ2) is 4.23.